The summed E-state index contributed by atoms with van der Waals surface area (Å²) in [5.74, 6) is -0.808. The zero-order valence-electron chi connectivity index (χ0n) is 37.5. The molecule has 0 saturated carbocycles. The molecule has 0 heterocycles. The normalized spacial score (nSPS) is 13.4. The van der Waals surface area contributed by atoms with Gasteiger partial charge in [0.05, 0.1) is 6.61 Å². The summed E-state index contributed by atoms with van der Waals surface area (Å²) in [6.07, 6.45) is 51.0. The largest absolute Gasteiger partial charge is 0.472 e. The van der Waals surface area contributed by atoms with Crippen LogP contribution in [0.3, 0.4) is 0 Å². The zero-order chi connectivity index (χ0) is 41.8. The van der Waals surface area contributed by atoms with Crippen molar-refractivity contribution in [1.29, 1.82) is 0 Å². The van der Waals surface area contributed by atoms with E-state index in [0.29, 0.717) is 12.8 Å². The molecule has 0 aliphatic rings. The molecule has 0 aromatic carbocycles. The summed E-state index contributed by atoms with van der Waals surface area (Å²) >= 11 is 0. The molecule has 0 aliphatic carbocycles. The van der Waals surface area contributed by atoms with Crippen LogP contribution in [0.5, 0.6) is 0 Å². The van der Waals surface area contributed by atoms with E-state index in [0.717, 1.165) is 71.3 Å². The lowest BCUT2D eigenvalue weighted by molar-refractivity contribution is -0.161. The lowest BCUT2D eigenvalue weighted by atomic mass is 10.0. The number of ether oxygens (including phenoxy) is 2. The predicted octanol–water partition coefficient (Wildman–Crippen LogP) is 15.4. The Morgan fingerprint density at radius 3 is 1.28 bits per heavy atom. The van der Waals surface area contributed by atoms with Crippen molar-refractivity contribution in [3.05, 3.63) is 24.3 Å². The van der Waals surface area contributed by atoms with Gasteiger partial charge < -0.3 is 14.4 Å². The third kappa shape index (κ3) is 43.9. The molecule has 0 aromatic rings. The van der Waals surface area contributed by atoms with Gasteiger partial charge in [-0.1, -0.05) is 218 Å². The molecular weight excluding hydrogens is 735 g/mol. The molecule has 57 heavy (non-hydrogen) atoms. The number of allylic oxidation sites excluding steroid dienone is 4. The summed E-state index contributed by atoms with van der Waals surface area (Å²) in [5.41, 5.74) is 0. The van der Waals surface area contributed by atoms with E-state index in [4.69, 9.17) is 14.0 Å². The molecule has 0 radical (unpaired) electrons. The van der Waals surface area contributed by atoms with E-state index in [-0.39, 0.29) is 19.0 Å². The molecule has 0 fully saturated rings. The summed E-state index contributed by atoms with van der Waals surface area (Å²) in [5, 5.41) is 0. The van der Waals surface area contributed by atoms with Gasteiger partial charge in [-0.2, -0.15) is 0 Å². The lowest BCUT2D eigenvalue weighted by Gasteiger charge is -2.19. The molecule has 0 amide bonds. The second-order valence-corrected chi connectivity index (χ2v) is 17.8. The van der Waals surface area contributed by atoms with Crippen molar-refractivity contribution in [2.75, 3.05) is 20.3 Å². The molecule has 0 spiro atoms. The molecule has 0 bridgehead atoms. The van der Waals surface area contributed by atoms with Gasteiger partial charge in [-0.25, -0.2) is 4.57 Å². The van der Waals surface area contributed by atoms with Crippen molar-refractivity contribution in [2.45, 2.75) is 251 Å². The van der Waals surface area contributed by atoms with Gasteiger partial charge in [-0.15, -0.1) is 0 Å². The number of rotatable bonds is 45. The first-order valence-electron chi connectivity index (χ1n) is 24.0. The Kier molecular flexibility index (Phi) is 43.0. The highest BCUT2D eigenvalue weighted by Crippen LogP contribution is 2.42. The van der Waals surface area contributed by atoms with Crippen LogP contribution in [0.4, 0.5) is 0 Å². The van der Waals surface area contributed by atoms with E-state index in [1.54, 1.807) is 0 Å². The second-order valence-electron chi connectivity index (χ2n) is 16.3. The average molecular weight is 827 g/mol. The van der Waals surface area contributed by atoms with Gasteiger partial charge in [-0.3, -0.25) is 18.6 Å². The Balaban J connectivity index is 3.85. The van der Waals surface area contributed by atoms with E-state index in [2.05, 4.69) is 42.7 Å². The minimum atomic E-state index is -4.26. The number of esters is 2. The van der Waals surface area contributed by atoms with E-state index < -0.39 is 26.5 Å². The molecule has 0 aromatic heterocycles. The fourth-order valence-corrected chi connectivity index (χ4v) is 7.43. The van der Waals surface area contributed by atoms with Gasteiger partial charge in [0, 0.05) is 20.0 Å². The number of hydrogen-bond acceptors (Lipinski definition) is 7. The zero-order valence-corrected chi connectivity index (χ0v) is 38.4. The summed E-state index contributed by atoms with van der Waals surface area (Å²) in [7, 11) is -3.20. The van der Waals surface area contributed by atoms with Crippen molar-refractivity contribution in [1.82, 2.24) is 0 Å². The monoisotopic (exact) mass is 827 g/mol. The van der Waals surface area contributed by atoms with Crippen LogP contribution < -0.4 is 0 Å². The van der Waals surface area contributed by atoms with Crippen molar-refractivity contribution in [2.24, 2.45) is 0 Å². The Morgan fingerprint density at radius 1 is 0.491 bits per heavy atom. The third-order valence-electron chi connectivity index (χ3n) is 10.7. The fraction of sp³-hybridized carbons (Fsp3) is 0.875. The molecule has 0 saturated heterocycles. The first-order valence-corrected chi connectivity index (χ1v) is 25.5. The number of hydrogen-bond donors (Lipinski definition) is 1. The lowest BCUT2D eigenvalue weighted by Crippen LogP contribution is -2.29. The molecule has 1 N–H and O–H groups in total. The fourth-order valence-electron chi connectivity index (χ4n) is 6.97. The van der Waals surface area contributed by atoms with Crippen LogP contribution in [0.2, 0.25) is 0 Å². The number of unbranched alkanes of at least 4 members (excludes halogenated alkanes) is 30. The first kappa shape index (κ1) is 55.5. The van der Waals surface area contributed by atoms with Crippen LogP contribution in [0, 0.1) is 0 Å². The van der Waals surface area contributed by atoms with Gasteiger partial charge in [0.2, 0.25) is 0 Å². The number of carbonyl (C=O) groups is 2. The van der Waals surface area contributed by atoms with Crippen molar-refractivity contribution >= 4 is 19.8 Å². The van der Waals surface area contributed by atoms with Crippen molar-refractivity contribution in [3.63, 3.8) is 0 Å². The topological polar surface area (TPSA) is 108 Å². The van der Waals surface area contributed by atoms with Crippen LogP contribution in [-0.2, 0) is 32.7 Å². The standard InChI is InChI=1S/C48H91O8P/c1-4-6-8-10-12-14-16-18-20-21-22-23-24-25-26-27-28-29-31-32-34-36-38-40-42-47(49)54-44-46(45-55-57(51,52)53-3)56-48(50)43-41-39-37-35-33-30-19-17-15-13-11-9-7-5-2/h11,13,17,19,46H,4-10,12,14-16,18,20-45H2,1-3H3,(H,51,52)/b13-11-,19-17-. The van der Waals surface area contributed by atoms with E-state index in [9.17, 15) is 19.0 Å². The van der Waals surface area contributed by atoms with Gasteiger partial charge in [0.25, 0.3) is 0 Å². The second kappa shape index (κ2) is 44.1. The number of phosphoric ester groups is 1. The quantitative estimate of drug-likeness (QED) is 0.0280. The van der Waals surface area contributed by atoms with Crippen molar-refractivity contribution in [3.8, 4) is 0 Å². The molecule has 0 aliphatic heterocycles. The maximum atomic E-state index is 12.5. The van der Waals surface area contributed by atoms with Crippen molar-refractivity contribution < 1.29 is 37.6 Å². The highest BCUT2D eigenvalue weighted by molar-refractivity contribution is 7.47. The third-order valence-corrected chi connectivity index (χ3v) is 11.6. The maximum Gasteiger partial charge on any atom is 0.472 e. The van der Waals surface area contributed by atoms with Crippen LogP contribution in [0.25, 0.3) is 0 Å². The van der Waals surface area contributed by atoms with Crippen LogP contribution in [0.15, 0.2) is 24.3 Å². The summed E-state index contributed by atoms with van der Waals surface area (Å²) in [4.78, 5) is 34.5. The van der Waals surface area contributed by atoms with Crippen LogP contribution in [0.1, 0.15) is 245 Å². The molecular formula is C48H91O8P. The highest BCUT2D eigenvalue weighted by atomic mass is 31.2. The van der Waals surface area contributed by atoms with Crippen LogP contribution in [-0.4, -0.2) is 43.3 Å². The maximum absolute atomic E-state index is 12.5. The molecule has 0 rings (SSSR count). The Hall–Kier alpha value is -1.47. The molecule has 2 atom stereocenters. The Bertz CT molecular complexity index is 983. The van der Waals surface area contributed by atoms with Gasteiger partial charge in [0.15, 0.2) is 6.10 Å². The number of phosphoric acid groups is 1. The SMILES string of the molecule is CCCC/C=C\C/C=C\CCCCCCCC(=O)OC(COC(=O)CCCCCCCCCCCCCCCCCCCCCCCCCC)COP(=O)(O)OC. The number of carbonyl (C=O) groups excluding carboxylic acids is 2. The minimum Gasteiger partial charge on any atom is -0.462 e. The average Bonchev–Trinajstić information content (AvgIpc) is 3.20. The summed E-state index contributed by atoms with van der Waals surface area (Å²) < 4.78 is 32.0. The Labute approximate surface area is 352 Å². The Morgan fingerprint density at radius 2 is 0.860 bits per heavy atom. The first-order chi connectivity index (χ1) is 27.8. The molecule has 9 heteroatoms. The molecule has 8 nitrogen and oxygen atoms in total. The van der Waals surface area contributed by atoms with E-state index >= 15 is 0 Å². The predicted molar refractivity (Wildman–Crippen MR) is 239 cm³/mol. The molecule has 2 unspecified atom stereocenters. The van der Waals surface area contributed by atoms with E-state index in [1.807, 2.05) is 0 Å². The van der Waals surface area contributed by atoms with Gasteiger partial charge >= 0.3 is 19.8 Å². The summed E-state index contributed by atoms with van der Waals surface area (Å²) in [6.45, 7) is 3.87. The van der Waals surface area contributed by atoms with E-state index in [1.165, 1.54) is 148 Å². The van der Waals surface area contributed by atoms with Gasteiger partial charge in [-0.05, 0) is 38.5 Å². The smallest absolute Gasteiger partial charge is 0.462 e. The highest BCUT2D eigenvalue weighted by Gasteiger charge is 2.24. The minimum absolute atomic E-state index is 0.226. The summed E-state index contributed by atoms with van der Waals surface area (Å²) in [6, 6.07) is 0. The van der Waals surface area contributed by atoms with Crippen LogP contribution >= 0.6 is 7.82 Å². The molecule has 336 valence electrons. The van der Waals surface area contributed by atoms with Gasteiger partial charge in [0.1, 0.15) is 6.61 Å².